The Labute approximate surface area is 174 Å². The van der Waals surface area contributed by atoms with Gasteiger partial charge in [0.05, 0.1) is 12.0 Å². The zero-order chi connectivity index (χ0) is 20.4. The number of sulfonamides is 1. The lowest BCUT2D eigenvalue weighted by molar-refractivity contribution is 0.0702. The first kappa shape index (κ1) is 19.5. The van der Waals surface area contributed by atoms with Gasteiger partial charge in [-0.15, -0.1) is 0 Å². The van der Waals surface area contributed by atoms with Gasteiger partial charge in [0.15, 0.2) is 5.76 Å². The van der Waals surface area contributed by atoms with Crippen molar-refractivity contribution in [2.75, 3.05) is 11.3 Å². The van der Waals surface area contributed by atoms with Crippen molar-refractivity contribution >= 4 is 33.2 Å². The van der Waals surface area contributed by atoms with E-state index in [0.717, 1.165) is 11.1 Å². The fourth-order valence-electron chi connectivity index (χ4n) is 3.39. The summed E-state index contributed by atoms with van der Waals surface area (Å²) < 4.78 is 32.9. The summed E-state index contributed by atoms with van der Waals surface area (Å²) in [5, 5.41) is 0.412. The number of hydrogen-bond donors (Lipinski definition) is 1. The Bertz CT molecular complexity index is 1140. The first-order valence-electron chi connectivity index (χ1n) is 9.10. The number of furan rings is 1. The highest BCUT2D eigenvalue weighted by molar-refractivity contribution is 7.91. The Balaban J connectivity index is 1.50. The second-order valence-electron chi connectivity index (χ2n) is 6.89. The van der Waals surface area contributed by atoms with E-state index >= 15 is 0 Å². The molecule has 1 amide bonds. The van der Waals surface area contributed by atoms with E-state index in [4.69, 9.17) is 16.0 Å². The Kier molecular flexibility index (Phi) is 5.34. The fraction of sp³-hybridized carbons (Fsp3) is 0.190. The largest absolute Gasteiger partial charge is 0.459 e. The Hall–Kier alpha value is -2.77. The molecule has 0 fully saturated rings. The van der Waals surface area contributed by atoms with E-state index in [1.54, 1.807) is 53.4 Å². The minimum Gasteiger partial charge on any atom is -0.459 e. The van der Waals surface area contributed by atoms with Gasteiger partial charge < -0.3 is 9.32 Å². The maximum absolute atomic E-state index is 12.6. The molecule has 0 saturated carbocycles. The van der Waals surface area contributed by atoms with Crippen LogP contribution >= 0.6 is 11.6 Å². The summed E-state index contributed by atoms with van der Waals surface area (Å²) in [6.45, 7) is 0.985. The molecule has 2 heterocycles. The summed E-state index contributed by atoms with van der Waals surface area (Å²) in [6.07, 6.45) is 2.17. The van der Waals surface area contributed by atoms with Crippen LogP contribution in [0, 0.1) is 0 Å². The zero-order valence-corrected chi connectivity index (χ0v) is 17.0. The van der Waals surface area contributed by atoms with Crippen LogP contribution in [0.25, 0.3) is 0 Å². The number of carbonyl (C=O) groups excluding carboxylic acids is 1. The molecule has 6 nitrogen and oxygen atoms in total. The lowest BCUT2D eigenvalue weighted by Gasteiger charge is -2.28. The summed E-state index contributed by atoms with van der Waals surface area (Å²) in [7, 11) is -3.63. The van der Waals surface area contributed by atoms with Crippen molar-refractivity contribution in [2.24, 2.45) is 0 Å². The normalized spacial score (nSPS) is 13.8. The predicted octanol–water partition coefficient (Wildman–Crippen LogP) is 4.07. The van der Waals surface area contributed by atoms with Gasteiger partial charge >= 0.3 is 0 Å². The van der Waals surface area contributed by atoms with Crippen LogP contribution in [-0.4, -0.2) is 25.8 Å². The average molecular weight is 431 g/mol. The first-order chi connectivity index (χ1) is 13.9. The molecule has 1 aliphatic heterocycles. The van der Waals surface area contributed by atoms with Crippen molar-refractivity contribution in [3.63, 3.8) is 0 Å². The quantitative estimate of drug-likeness (QED) is 0.661. The van der Waals surface area contributed by atoms with Crippen LogP contribution in [0.15, 0.2) is 65.3 Å². The van der Waals surface area contributed by atoms with Gasteiger partial charge in [0.25, 0.3) is 5.91 Å². The number of rotatable bonds is 5. The number of carbonyl (C=O) groups is 1. The minimum absolute atomic E-state index is 0.176. The van der Waals surface area contributed by atoms with Gasteiger partial charge in [0.2, 0.25) is 10.0 Å². The van der Waals surface area contributed by atoms with Crippen LogP contribution in [0.1, 0.15) is 27.2 Å². The summed E-state index contributed by atoms with van der Waals surface area (Å²) in [5.41, 5.74) is 3.01. The molecule has 3 aromatic rings. The van der Waals surface area contributed by atoms with Gasteiger partial charge in [-0.3, -0.25) is 9.52 Å². The van der Waals surface area contributed by atoms with Crippen molar-refractivity contribution in [1.29, 1.82) is 0 Å². The van der Waals surface area contributed by atoms with E-state index in [2.05, 4.69) is 4.72 Å². The third-order valence-corrected chi connectivity index (χ3v) is 6.42. The molecule has 1 N–H and O–H groups in total. The van der Waals surface area contributed by atoms with E-state index in [1.807, 2.05) is 6.07 Å². The van der Waals surface area contributed by atoms with Gasteiger partial charge in [-0.05, 0) is 53.4 Å². The highest BCUT2D eigenvalue weighted by Gasteiger charge is 2.24. The third-order valence-electron chi connectivity index (χ3n) is 4.81. The van der Waals surface area contributed by atoms with Crippen LogP contribution in [0.2, 0.25) is 5.02 Å². The van der Waals surface area contributed by atoms with E-state index in [-0.39, 0.29) is 11.7 Å². The van der Waals surface area contributed by atoms with Crippen molar-refractivity contribution in [2.45, 2.75) is 18.7 Å². The van der Waals surface area contributed by atoms with Gasteiger partial charge in [-0.1, -0.05) is 35.9 Å². The van der Waals surface area contributed by atoms with E-state index in [9.17, 15) is 13.2 Å². The molecule has 1 aliphatic rings. The fourth-order valence-corrected chi connectivity index (χ4v) is 4.89. The molecule has 1 aromatic heterocycles. The molecule has 4 rings (SSSR count). The van der Waals surface area contributed by atoms with Gasteiger partial charge in [0.1, 0.15) is 0 Å². The molecule has 8 heteroatoms. The molecule has 0 unspecified atom stereocenters. The number of fused-ring (bicyclic) bond motifs is 1. The van der Waals surface area contributed by atoms with Crippen molar-refractivity contribution < 1.29 is 17.6 Å². The number of anilines is 1. The summed E-state index contributed by atoms with van der Waals surface area (Å²) in [5.74, 6) is -0.0947. The molecule has 2 aromatic carbocycles. The summed E-state index contributed by atoms with van der Waals surface area (Å²) >= 11 is 6.08. The molecule has 0 atom stereocenters. The molecule has 29 heavy (non-hydrogen) atoms. The molecule has 0 saturated heterocycles. The predicted molar refractivity (Wildman–Crippen MR) is 111 cm³/mol. The van der Waals surface area contributed by atoms with Crippen molar-refractivity contribution in [3.05, 3.63) is 88.3 Å². The molecule has 0 aliphatic carbocycles. The molecular weight excluding hydrogens is 412 g/mol. The molecule has 0 spiro atoms. The minimum atomic E-state index is -3.63. The molecule has 0 bridgehead atoms. The lowest BCUT2D eigenvalue weighted by Crippen LogP contribution is -2.35. The number of amides is 1. The summed E-state index contributed by atoms with van der Waals surface area (Å²) in [4.78, 5) is 14.2. The topological polar surface area (TPSA) is 79.6 Å². The SMILES string of the molecule is O=C(c1ccco1)N1CCc2ccc(NS(=O)(=O)Cc3ccccc3Cl)cc2C1. The number of nitrogens with zero attached hydrogens (tertiary/aromatic N) is 1. The highest BCUT2D eigenvalue weighted by atomic mass is 35.5. The average Bonchev–Trinajstić information content (AvgIpc) is 3.23. The highest BCUT2D eigenvalue weighted by Crippen LogP contribution is 2.25. The standard InChI is InChI=1S/C21H19ClN2O4S/c22-19-5-2-1-4-16(19)14-29(26,27)23-18-8-7-15-9-10-24(13-17(15)12-18)21(25)20-6-3-11-28-20/h1-8,11-12,23H,9-10,13-14H2. The Morgan fingerprint density at radius 2 is 1.93 bits per heavy atom. The smallest absolute Gasteiger partial charge is 0.289 e. The van der Waals surface area contributed by atoms with Crippen LogP contribution in [0.3, 0.4) is 0 Å². The van der Waals surface area contributed by atoms with Gasteiger partial charge in [0, 0.05) is 23.8 Å². The van der Waals surface area contributed by atoms with Crippen LogP contribution in [-0.2, 0) is 28.7 Å². The third kappa shape index (κ3) is 4.46. The monoisotopic (exact) mass is 430 g/mol. The number of hydrogen-bond acceptors (Lipinski definition) is 4. The summed E-state index contributed by atoms with van der Waals surface area (Å²) in [6, 6.07) is 15.6. The Morgan fingerprint density at radius 3 is 2.69 bits per heavy atom. The maximum Gasteiger partial charge on any atom is 0.289 e. The van der Waals surface area contributed by atoms with Crippen LogP contribution < -0.4 is 4.72 Å². The first-order valence-corrected chi connectivity index (χ1v) is 11.1. The van der Waals surface area contributed by atoms with E-state index in [0.29, 0.717) is 41.5 Å². The second-order valence-corrected chi connectivity index (χ2v) is 9.02. The number of nitrogens with one attached hydrogen (secondary N) is 1. The van der Waals surface area contributed by atoms with Crippen LogP contribution in [0.5, 0.6) is 0 Å². The van der Waals surface area contributed by atoms with Crippen LogP contribution in [0.4, 0.5) is 5.69 Å². The van der Waals surface area contributed by atoms with Gasteiger partial charge in [-0.2, -0.15) is 0 Å². The Morgan fingerprint density at radius 1 is 1.10 bits per heavy atom. The number of halogens is 1. The maximum atomic E-state index is 12.6. The van der Waals surface area contributed by atoms with Crippen molar-refractivity contribution in [3.8, 4) is 0 Å². The molecular formula is C21H19ClN2O4S. The van der Waals surface area contributed by atoms with Gasteiger partial charge in [-0.25, -0.2) is 8.42 Å². The lowest BCUT2D eigenvalue weighted by atomic mass is 9.99. The van der Waals surface area contributed by atoms with E-state index < -0.39 is 10.0 Å². The van der Waals surface area contributed by atoms with Crippen molar-refractivity contribution in [1.82, 2.24) is 4.90 Å². The number of benzene rings is 2. The molecule has 0 radical (unpaired) electrons. The second kappa shape index (κ2) is 7.93. The zero-order valence-electron chi connectivity index (χ0n) is 15.5. The van der Waals surface area contributed by atoms with E-state index in [1.165, 1.54) is 6.26 Å². The molecule has 150 valence electrons.